The molecule has 0 radical (unpaired) electrons. The van der Waals surface area contributed by atoms with Gasteiger partial charge in [-0.2, -0.15) is 8.75 Å². The lowest BCUT2D eigenvalue weighted by molar-refractivity contribution is 0.577. The summed E-state index contributed by atoms with van der Waals surface area (Å²) in [6.07, 6.45) is 3.70. The summed E-state index contributed by atoms with van der Waals surface area (Å²) in [4.78, 5) is 4.19. The Balaban J connectivity index is 1.88. The third-order valence-corrected chi connectivity index (χ3v) is 3.98. The van der Waals surface area contributed by atoms with E-state index in [1.807, 2.05) is 24.7 Å². The van der Waals surface area contributed by atoms with Crippen molar-refractivity contribution in [2.24, 2.45) is 0 Å². The molecule has 0 aliphatic carbocycles. The molecule has 2 heterocycles. The van der Waals surface area contributed by atoms with E-state index in [9.17, 15) is 0 Å². The van der Waals surface area contributed by atoms with E-state index in [1.165, 1.54) is 11.7 Å². The summed E-state index contributed by atoms with van der Waals surface area (Å²) in [6.45, 7) is 4.90. The topological polar surface area (TPSA) is 55.6 Å². The predicted octanol–water partition coefficient (Wildman–Crippen LogP) is 3.73. The lowest BCUT2D eigenvalue weighted by Gasteiger charge is -2.13. The molecule has 0 atom stereocenters. The molecule has 104 valence electrons. The van der Waals surface area contributed by atoms with Crippen LogP contribution in [0, 0.1) is 0 Å². The first-order valence-electron chi connectivity index (χ1n) is 6.32. The lowest BCUT2D eigenvalue weighted by Crippen LogP contribution is -2.09. The first-order chi connectivity index (χ1) is 9.66. The Morgan fingerprint density at radius 2 is 2.20 bits per heavy atom. The SMILES string of the molecule is CC(C)n1cncc1CNc1c(Cl)ccc2nsnc12. The fraction of sp³-hybridized carbons (Fsp3) is 0.308. The van der Waals surface area contributed by atoms with Crippen molar-refractivity contribution in [3.05, 3.63) is 35.4 Å². The van der Waals surface area contributed by atoms with Crippen LogP contribution in [0.25, 0.3) is 11.0 Å². The highest BCUT2D eigenvalue weighted by Crippen LogP contribution is 2.30. The average molecular weight is 308 g/mol. The number of imidazole rings is 1. The van der Waals surface area contributed by atoms with E-state index in [1.54, 1.807) is 0 Å². The molecule has 7 heteroatoms. The number of nitrogens with one attached hydrogen (secondary N) is 1. The number of rotatable bonds is 4. The summed E-state index contributed by atoms with van der Waals surface area (Å²) >= 11 is 7.45. The Kier molecular flexibility index (Phi) is 3.58. The van der Waals surface area contributed by atoms with E-state index in [0.717, 1.165) is 22.4 Å². The molecule has 2 aromatic heterocycles. The fourth-order valence-corrected chi connectivity index (χ4v) is 2.87. The minimum absolute atomic E-state index is 0.376. The van der Waals surface area contributed by atoms with E-state index in [-0.39, 0.29) is 0 Å². The van der Waals surface area contributed by atoms with Gasteiger partial charge in [0.25, 0.3) is 0 Å². The number of hydrogen-bond donors (Lipinski definition) is 1. The molecule has 20 heavy (non-hydrogen) atoms. The molecular weight excluding hydrogens is 294 g/mol. The Hall–Kier alpha value is -1.66. The molecule has 0 unspecified atom stereocenters. The van der Waals surface area contributed by atoms with Crippen LogP contribution in [-0.2, 0) is 6.54 Å². The second-order valence-corrected chi connectivity index (χ2v) is 5.73. The standard InChI is InChI=1S/C13H14ClN5S/c1-8(2)19-7-15-5-9(19)6-16-12-10(14)3-4-11-13(12)18-20-17-11/h3-5,7-8,16H,6H2,1-2H3. The van der Waals surface area contributed by atoms with Crippen LogP contribution in [0.3, 0.4) is 0 Å². The van der Waals surface area contributed by atoms with Crippen molar-refractivity contribution >= 4 is 40.0 Å². The van der Waals surface area contributed by atoms with Gasteiger partial charge in [-0.3, -0.25) is 0 Å². The van der Waals surface area contributed by atoms with Gasteiger partial charge in [-0.25, -0.2) is 4.98 Å². The fourth-order valence-electron chi connectivity index (χ4n) is 2.11. The number of hydrogen-bond acceptors (Lipinski definition) is 5. The van der Waals surface area contributed by atoms with E-state index in [2.05, 4.69) is 37.5 Å². The van der Waals surface area contributed by atoms with Gasteiger partial charge in [0, 0.05) is 12.2 Å². The van der Waals surface area contributed by atoms with Gasteiger partial charge >= 0.3 is 0 Å². The third kappa shape index (κ3) is 2.36. The Bertz CT molecular complexity index is 733. The molecular formula is C13H14ClN5S. The molecule has 0 aliphatic rings. The van der Waals surface area contributed by atoms with Crippen LogP contribution in [0.4, 0.5) is 5.69 Å². The van der Waals surface area contributed by atoms with E-state index in [4.69, 9.17) is 11.6 Å². The summed E-state index contributed by atoms with van der Waals surface area (Å²) in [7, 11) is 0. The minimum atomic E-state index is 0.376. The zero-order chi connectivity index (χ0) is 14.1. The Labute approximate surface area is 125 Å². The van der Waals surface area contributed by atoms with E-state index in [0.29, 0.717) is 17.6 Å². The maximum atomic E-state index is 6.25. The quantitative estimate of drug-likeness (QED) is 0.798. The molecule has 0 fully saturated rings. The van der Waals surface area contributed by atoms with Crippen LogP contribution in [0.1, 0.15) is 25.6 Å². The first kappa shape index (κ1) is 13.3. The molecule has 1 N–H and O–H groups in total. The minimum Gasteiger partial charge on any atom is -0.376 e. The van der Waals surface area contributed by atoms with Gasteiger partial charge in [0.15, 0.2) is 0 Å². The monoisotopic (exact) mass is 307 g/mol. The third-order valence-electron chi connectivity index (χ3n) is 3.13. The Morgan fingerprint density at radius 3 is 3.00 bits per heavy atom. The molecule has 0 bridgehead atoms. The summed E-state index contributed by atoms with van der Waals surface area (Å²) < 4.78 is 10.6. The number of halogens is 1. The van der Waals surface area contributed by atoms with Crippen molar-refractivity contribution in [1.29, 1.82) is 0 Å². The molecule has 0 aliphatic heterocycles. The average Bonchev–Trinajstić information content (AvgIpc) is 3.05. The number of fused-ring (bicyclic) bond motifs is 1. The first-order valence-corrected chi connectivity index (χ1v) is 7.43. The number of aromatic nitrogens is 4. The maximum Gasteiger partial charge on any atom is 0.129 e. The normalized spacial score (nSPS) is 11.4. The second-order valence-electron chi connectivity index (χ2n) is 4.79. The van der Waals surface area contributed by atoms with Gasteiger partial charge < -0.3 is 9.88 Å². The van der Waals surface area contributed by atoms with Gasteiger partial charge in [0.05, 0.1) is 41.0 Å². The lowest BCUT2D eigenvalue weighted by atomic mass is 10.2. The Morgan fingerprint density at radius 1 is 1.35 bits per heavy atom. The van der Waals surface area contributed by atoms with Gasteiger partial charge in [-0.05, 0) is 26.0 Å². The van der Waals surface area contributed by atoms with Crippen molar-refractivity contribution < 1.29 is 0 Å². The maximum absolute atomic E-state index is 6.25. The summed E-state index contributed by atoms with van der Waals surface area (Å²) in [6, 6.07) is 4.10. The van der Waals surface area contributed by atoms with Crippen molar-refractivity contribution in [3.8, 4) is 0 Å². The smallest absolute Gasteiger partial charge is 0.129 e. The van der Waals surface area contributed by atoms with Crippen LogP contribution >= 0.6 is 23.3 Å². The van der Waals surface area contributed by atoms with E-state index < -0.39 is 0 Å². The van der Waals surface area contributed by atoms with Crippen LogP contribution < -0.4 is 5.32 Å². The van der Waals surface area contributed by atoms with Crippen LogP contribution in [-0.4, -0.2) is 18.3 Å². The molecule has 3 aromatic rings. The zero-order valence-electron chi connectivity index (χ0n) is 11.2. The summed E-state index contributed by atoms with van der Waals surface area (Å²) in [5.41, 5.74) is 3.61. The van der Waals surface area contributed by atoms with Crippen LogP contribution in [0.15, 0.2) is 24.7 Å². The predicted molar refractivity (Wildman–Crippen MR) is 82.4 cm³/mol. The van der Waals surface area contributed by atoms with Gasteiger partial charge in [-0.1, -0.05) is 11.6 Å². The van der Waals surface area contributed by atoms with Gasteiger partial charge in [0.2, 0.25) is 0 Å². The van der Waals surface area contributed by atoms with Crippen LogP contribution in [0.2, 0.25) is 5.02 Å². The molecule has 0 saturated carbocycles. The van der Waals surface area contributed by atoms with Crippen molar-refractivity contribution in [1.82, 2.24) is 18.3 Å². The highest BCUT2D eigenvalue weighted by atomic mass is 35.5. The molecule has 0 amide bonds. The second kappa shape index (κ2) is 5.38. The number of nitrogens with zero attached hydrogens (tertiary/aromatic N) is 4. The van der Waals surface area contributed by atoms with Crippen molar-refractivity contribution in [3.63, 3.8) is 0 Å². The number of benzene rings is 1. The summed E-state index contributed by atoms with van der Waals surface area (Å²) in [5.74, 6) is 0. The van der Waals surface area contributed by atoms with E-state index >= 15 is 0 Å². The molecule has 0 saturated heterocycles. The number of anilines is 1. The molecule has 0 spiro atoms. The van der Waals surface area contributed by atoms with Gasteiger partial charge in [-0.15, -0.1) is 0 Å². The zero-order valence-corrected chi connectivity index (χ0v) is 12.7. The highest BCUT2D eigenvalue weighted by Gasteiger charge is 2.11. The summed E-state index contributed by atoms with van der Waals surface area (Å²) in [5, 5.41) is 4.00. The van der Waals surface area contributed by atoms with Gasteiger partial charge in [0.1, 0.15) is 11.0 Å². The molecule has 3 rings (SSSR count). The molecule has 5 nitrogen and oxygen atoms in total. The van der Waals surface area contributed by atoms with Crippen molar-refractivity contribution in [2.75, 3.05) is 5.32 Å². The van der Waals surface area contributed by atoms with Crippen molar-refractivity contribution in [2.45, 2.75) is 26.4 Å². The molecule has 1 aromatic carbocycles. The van der Waals surface area contributed by atoms with Crippen LogP contribution in [0.5, 0.6) is 0 Å². The largest absolute Gasteiger partial charge is 0.376 e. The highest BCUT2D eigenvalue weighted by molar-refractivity contribution is 7.00.